The third kappa shape index (κ3) is 4.69. The van der Waals surface area contributed by atoms with E-state index in [1.165, 1.54) is 6.07 Å². The zero-order valence-electron chi connectivity index (χ0n) is 11.9. The van der Waals surface area contributed by atoms with E-state index < -0.39 is 5.82 Å². The van der Waals surface area contributed by atoms with Gasteiger partial charge in [-0.05, 0) is 31.2 Å². The first-order valence-electron chi connectivity index (χ1n) is 6.92. The third-order valence-electron chi connectivity index (χ3n) is 2.96. The Kier molecular flexibility index (Phi) is 5.96. The van der Waals surface area contributed by atoms with Gasteiger partial charge in [-0.1, -0.05) is 30.7 Å². The van der Waals surface area contributed by atoms with Gasteiger partial charge in [-0.2, -0.15) is 0 Å². The van der Waals surface area contributed by atoms with Crippen LogP contribution in [0.3, 0.4) is 0 Å². The summed E-state index contributed by atoms with van der Waals surface area (Å²) < 4.78 is 18.9. The fourth-order valence-electron chi connectivity index (χ4n) is 1.82. The summed E-state index contributed by atoms with van der Waals surface area (Å²) in [5.74, 6) is 0.197. The minimum atomic E-state index is -0.437. The van der Waals surface area contributed by atoms with E-state index in [0.29, 0.717) is 11.3 Å². The molecule has 0 aliphatic heterocycles. The van der Waals surface area contributed by atoms with Crippen LogP contribution in [0.15, 0.2) is 36.5 Å². The topological polar surface area (TPSA) is 34.1 Å². The summed E-state index contributed by atoms with van der Waals surface area (Å²) in [7, 11) is 0. The molecule has 21 heavy (non-hydrogen) atoms. The number of rotatable bonds is 7. The predicted molar refractivity (Wildman–Crippen MR) is 82.0 cm³/mol. The number of nitrogens with one attached hydrogen (secondary N) is 1. The number of halogens is 2. The second-order valence-corrected chi connectivity index (χ2v) is 5.04. The third-order valence-corrected chi connectivity index (χ3v) is 3.38. The average molecular weight is 309 g/mol. The van der Waals surface area contributed by atoms with Gasteiger partial charge in [-0.25, -0.2) is 4.39 Å². The molecule has 0 unspecified atom stereocenters. The van der Waals surface area contributed by atoms with Crippen LogP contribution in [0.25, 0.3) is 0 Å². The number of hydrogen-bond acceptors (Lipinski definition) is 3. The Bertz CT molecular complexity index is 575. The molecule has 2 aromatic rings. The largest absolute Gasteiger partial charge is 0.487 e. The summed E-state index contributed by atoms with van der Waals surface area (Å²) in [4.78, 5) is 4.31. The maximum atomic E-state index is 13.3. The van der Waals surface area contributed by atoms with Gasteiger partial charge < -0.3 is 10.1 Å². The van der Waals surface area contributed by atoms with Gasteiger partial charge in [-0.3, -0.25) is 4.98 Å². The lowest BCUT2D eigenvalue weighted by atomic mass is 10.2. The van der Waals surface area contributed by atoms with Crippen molar-refractivity contribution < 1.29 is 9.13 Å². The lowest BCUT2D eigenvalue weighted by molar-refractivity contribution is 0.304. The van der Waals surface area contributed by atoms with Crippen LogP contribution in [-0.2, 0) is 13.2 Å². The smallest absolute Gasteiger partial charge is 0.142 e. The highest BCUT2D eigenvalue weighted by Gasteiger charge is 2.06. The Balaban J connectivity index is 1.90. The van der Waals surface area contributed by atoms with Crippen molar-refractivity contribution >= 4 is 11.6 Å². The first kappa shape index (κ1) is 15.7. The molecule has 0 spiro atoms. The number of nitrogens with zero attached hydrogens (tertiary/aromatic N) is 1. The lowest BCUT2D eigenvalue weighted by Crippen LogP contribution is -2.14. The summed E-state index contributed by atoms with van der Waals surface area (Å²) in [6.07, 6.45) is 2.76. The van der Waals surface area contributed by atoms with Crippen LogP contribution in [0.1, 0.15) is 24.6 Å². The molecule has 2 rings (SSSR count). The van der Waals surface area contributed by atoms with Gasteiger partial charge in [-0.15, -0.1) is 0 Å². The maximum Gasteiger partial charge on any atom is 0.142 e. The summed E-state index contributed by atoms with van der Waals surface area (Å²) in [6.45, 7) is 4.04. The van der Waals surface area contributed by atoms with Crippen molar-refractivity contribution in [2.24, 2.45) is 0 Å². The number of pyridine rings is 1. The molecule has 0 atom stereocenters. The van der Waals surface area contributed by atoms with Crippen LogP contribution in [0.5, 0.6) is 5.75 Å². The van der Waals surface area contributed by atoms with Crippen LogP contribution < -0.4 is 10.1 Å². The van der Waals surface area contributed by atoms with Gasteiger partial charge in [0, 0.05) is 12.1 Å². The van der Waals surface area contributed by atoms with Gasteiger partial charge >= 0.3 is 0 Å². The second kappa shape index (κ2) is 7.96. The maximum absolute atomic E-state index is 13.3. The highest BCUT2D eigenvalue weighted by Crippen LogP contribution is 2.21. The SMILES string of the molecule is CCCNCc1ccc(OCc2cccc(F)c2Cl)cn1. The monoisotopic (exact) mass is 308 g/mol. The van der Waals surface area contributed by atoms with E-state index in [4.69, 9.17) is 16.3 Å². The molecule has 0 fully saturated rings. The Labute approximate surface area is 129 Å². The standard InChI is InChI=1S/C16H18ClFN2O/c1-2-8-19-9-13-6-7-14(10-20-13)21-11-12-4-3-5-15(18)16(12)17/h3-7,10,19H,2,8-9,11H2,1H3. The fourth-order valence-corrected chi connectivity index (χ4v) is 2.00. The summed E-state index contributed by atoms with van der Waals surface area (Å²) in [6, 6.07) is 8.43. The molecule has 1 heterocycles. The van der Waals surface area contributed by atoms with Crippen molar-refractivity contribution in [2.45, 2.75) is 26.5 Å². The predicted octanol–water partition coefficient (Wildman–Crippen LogP) is 3.95. The van der Waals surface area contributed by atoms with E-state index in [1.807, 2.05) is 12.1 Å². The van der Waals surface area contributed by atoms with Crippen molar-refractivity contribution in [3.05, 3.63) is 58.6 Å². The molecule has 0 bridgehead atoms. The minimum absolute atomic E-state index is 0.103. The molecule has 0 radical (unpaired) electrons. The van der Waals surface area contributed by atoms with Gasteiger partial charge in [0.05, 0.1) is 16.9 Å². The lowest BCUT2D eigenvalue weighted by Gasteiger charge is -2.09. The van der Waals surface area contributed by atoms with Gasteiger partial charge in [0.1, 0.15) is 18.2 Å². The quantitative estimate of drug-likeness (QED) is 0.786. The molecular formula is C16H18ClFN2O. The summed E-state index contributed by atoms with van der Waals surface area (Å²) in [5.41, 5.74) is 1.57. The van der Waals surface area contributed by atoms with Crippen molar-refractivity contribution in [2.75, 3.05) is 6.54 Å². The van der Waals surface area contributed by atoms with Crippen molar-refractivity contribution in [3.8, 4) is 5.75 Å². The van der Waals surface area contributed by atoms with Crippen molar-refractivity contribution in [1.29, 1.82) is 0 Å². The average Bonchev–Trinajstić information content (AvgIpc) is 2.50. The molecule has 0 saturated heterocycles. The van der Waals surface area contributed by atoms with E-state index in [0.717, 1.165) is 25.2 Å². The highest BCUT2D eigenvalue weighted by molar-refractivity contribution is 6.31. The zero-order chi connectivity index (χ0) is 15.1. The molecule has 5 heteroatoms. The van der Waals surface area contributed by atoms with Gasteiger partial charge in [0.2, 0.25) is 0 Å². The van der Waals surface area contributed by atoms with Crippen LogP contribution in [0.4, 0.5) is 4.39 Å². The van der Waals surface area contributed by atoms with E-state index in [1.54, 1.807) is 18.3 Å². The molecule has 0 aliphatic carbocycles. The highest BCUT2D eigenvalue weighted by atomic mass is 35.5. The molecular weight excluding hydrogens is 291 g/mol. The van der Waals surface area contributed by atoms with Gasteiger partial charge in [0.15, 0.2) is 0 Å². The molecule has 0 aliphatic rings. The van der Waals surface area contributed by atoms with E-state index >= 15 is 0 Å². The molecule has 1 aromatic heterocycles. The van der Waals surface area contributed by atoms with E-state index in [-0.39, 0.29) is 11.6 Å². The Morgan fingerprint density at radius 2 is 2.14 bits per heavy atom. The number of hydrogen-bond donors (Lipinski definition) is 1. The van der Waals surface area contributed by atoms with E-state index in [9.17, 15) is 4.39 Å². The Hall–Kier alpha value is -1.65. The minimum Gasteiger partial charge on any atom is -0.487 e. The van der Waals surface area contributed by atoms with Crippen LogP contribution in [0, 0.1) is 5.82 Å². The normalized spacial score (nSPS) is 10.6. The number of ether oxygens (including phenoxy) is 1. The molecule has 3 nitrogen and oxygen atoms in total. The van der Waals surface area contributed by atoms with Crippen LogP contribution >= 0.6 is 11.6 Å². The number of aromatic nitrogens is 1. The fraction of sp³-hybridized carbons (Fsp3) is 0.312. The first-order chi connectivity index (χ1) is 10.2. The Morgan fingerprint density at radius 3 is 2.86 bits per heavy atom. The number of benzene rings is 1. The zero-order valence-corrected chi connectivity index (χ0v) is 12.7. The summed E-state index contributed by atoms with van der Waals surface area (Å²) in [5, 5.41) is 3.38. The molecule has 1 aromatic carbocycles. The molecule has 0 saturated carbocycles. The Morgan fingerprint density at radius 1 is 1.29 bits per heavy atom. The summed E-state index contributed by atoms with van der Waals surface area (Å²) >= 11 is 5.88. The van der Waals surface area contributed by atoms with Crippen molar-refractivity contribution in [1.82, 2.24) is 10.3 Å². The molecule has 0 amide bonds. The molecule has 112 valence electrons. The van der Waals surface area contributed by atoms with Gasteiger partial charge in [0.25, 0.3) is 0 Å². The first-order valence-corrected chi connectivity index (χ1v) is 7.30. The van der Waals surface area contributed by atoms with Crippen LogP contribution in [0.2, 0.25) is 5.02 Å². The second-order valence-electron chi connectivity index (χ2n) is 4.66. The van der Waals surface area contributed by atoms with Crippen LogP contribution in [-0.4, -0.2) is 11.5 Å². The molecule has 1 N–H and O–H groups in total. The van der Waals surface area contributed by atoms with Crippen molar-refractivity contribution in [3.63, 3.8) is 0 Å². The van der Waals surface area contributed by atoms with E-state index in [2.05, 4.69) is 17.2 Å².